The first-order valence-electron chi connectivity index (χ1n) is 11.6. The molecule has 0 unspecified atom stereocenters. The van der Waals surface area contributed by atoms with Gasteiger partial charge in [0, 0.05) is 5.39 Å². The Hall–Kier alpha value is -1.90. The van der Waals surface area contributed by atoms with E-state index in [2.05, 4.69) is 4.98 Å². The van der Waals surface area contributed by atoms with Gasteiger partial charge in [-0.25, -0.2) is 9.88 Å². The number of nitrogens with zero attached hydrogens (tertiary/aromatic N) is 2. The molecule has 0 atom stereocenters. The highest BCUT2D eigenvalue weighted by Gasteiger charge is 2.46. The Labute approximate surface area is 287 Å². The third-order valence-corrected chi connectivity index (χ3v) is 11.5. The van der Waals surface area contributed by atoms with Gasteiger partial charge >= 0.3 is 0 Å². The molecule has 18 heteroatoms. The maximum Gasteiger partial charge on any atom is 0.267 e. The van der Waals surface area contributed by atoms with Crippen LogP contribution in [-0.4, -0.2) is 42.0 Å². The van der Waals surface area contributed by atoms with E-state index in [1.807, 2.05) is 0 Å². The van der Waals surface area contributed by atoms with Crippen molar-refractivity contribution in [2.24, 2.45) is 0 Å². The zero-order valence-corrected chi connectivity index (χ0v) is 27.6. The molecule has 0 spiro atoms. The lowest BCUT2D eigenvalue weighted by atomic mass is 9.98. The summed E-state index contributed by atoms with van der Waals surface area (Å²) in [6.07, 6.45) is 0. The van der Waals surface area contributed by atoms with Crippen LogP contribution in [0.5, 0.6) is 0 Å². The van der Waals surface area contributed by atoms with Gasteiger partial charge in [-0.05, 0) is 18.2 Å². The number of rotatable bonds is 3. The number of halogens is 8. The lowest BCUT2D eigenvalue weighted by Crippen LogP contribution is -2.30. The number of fused-ring (bicyclic) bond motifs is 3. The lowest BCUT2D eigenvalue weighted by molar-refractivity contribution is 0.0882. The number of hydrogen-bond donors (Lipinski definition) is 3. The molecule has 0 saturated carbocycles. The number of Topliss-reactive ketones (excluding diaryl/α,β-unsaturated/α-hetero) is 2. The first-order valence-corrected chi connectivity index (χ1v) is 16.2. The second-order valence-corrected chi connectivity index (χ2v) is 13.9. The van der Waals surface area contributed by atoms with Gasteiger partial charge in [-0.2, -0.15) is 0 Å². The smallest absolute Gasteiger partial charge is 0.267 e. The van der Waals surface area contributed by atoms with Gasteiger partial charge in [0.25, 0.3) is 11.8 Å². The van der Waals surface area contributed by atoms with Gasteiger partial charge in [0.05, 0.1) is 84.2 Å². The minimum atomic E-state index is -4.41. The van der Waals surface area contributed by atoms with E-state index in [1.54, 1.807) is 0 Å². The van der Waals surface area contributed by atoms with E-state index in [1.165, 1.54) is 12.1 Å². The molecule has 0 bridgehead atoms. The molecule has 2 amide bonds. The fourth-order valence-corrected chi connectivity index (χ4v) is 7.64. The summed E-state index contributed by atoms with van der Waals surface area (Å²) in [6, 6.07) is 4.62. The summed E-state index contributed by atoms with van der Waals surface area (Å²) in [4.78, 5) is 58.9. The SMILES string of the molecule is O=C1c2c(Cl)c(Cl)c(Cl)c(Cl)c2C(=O)C1c1ccc2cc(S(O)(O)O)cc(N3C(=O)c4c(Cl)c(Cl)c(Cl)c(Cl)c4C3=O)c2n1. The number of benzene rings is 3. The lowest BCUT2D eigenvalue weighted by Gasteiger charge is -2.23. The van der Waals surface area contributed by atoms with E-state index in [-0.39, 0.29) is 67.9 Å². The van der Waals surface area contributed by atoms with Gasteiger partial charge in [0.2, 0.25) is 0 Å². The number of aromatic nitrogens is 1. The third-order valence-electron chi connectivity index (χ3n) is 7.01. The van der Waals surface area contributed by atoms with Crippen molar-refractivity contribution in [1.82, 2.24) is 4.98 Å². The Morgan fingerprint density at radius 1 is 0.614 bits per heavy atom. The summed E-state index contributed by atoms with van der Waals surface area (Å²) in [5.41, 5.74) is -2.04. The Morgan fingerprint density at radius 2 is 1.05 bits per heavy atom. The van der Waals surface area contributed by atoms with Gasteiger partial charge in [-0.3, -0.25) is 19.2 Å². The predicted octanol–water partition coefficient (Wildman–Crippen LogP) is 10.0. The van der Waals surface area contributed by atoms with Crippen LogP contribution < -0.4 is 4.90 Å². The van der Waals surface area contributed by atoms with Crippen molar-refractivity contribution in [1.29, 1.82) is 0 Å². The minimum absolute atomic E-state index is 0.0534. The number of pyridine rings is 1. The van der Waals surface area contributed by atoms with Crippen LogP contribution in [0.2, 0.25) is 40.2 Å². The highest BCUT2D eigenvalue weighted by Crippen LogP contribution is 2.51. The minimum Gasteiger partial charge on any atom is -0.304 e. The fourth-order valence-electron chi connectivity index (χ4n) is 5.03. The summed E-state index contributed by atoms with van der Waals surface area (Å²) in [5.74, 6) is -5.27. The number of carbonyl (C=O) groups is 4. The second-order valence-electron chi connectivity index (χ2n) is 9.39. The zero-order valence-electron chi connectivity index (χ0n) is 20.7. The monoisotopic (exact) mass is 772 g/mol. The van der Waals surface area contributed by atoms with E-state index < -0.39 is 61.9 Å². The molecule has 6 rings (SSSR count). The van der Waals surface area contributed by atoms with E-state index in [4.69, 9.17) is 92.8 Å². The van der Waals surface area contributed by atoms with Crippen LogP contribution in [-0.2, 0) is 0 Å². The van der Waals surface area contributed by atoms with Crippen molar-refractivity contribution in [2.45, 2.75) is 10.8 Å². The number of carbonyl (C=O) groups excluding carboxylic acids is 4. The topological polar surface area (TPSA) is 145 Å². The van der Waals surface area contributed by atoms with Crippen LogP contribution in [0.25, 0.3) is 10.9 Å². The molecule has 4 aromatic rings. The second kappa shape index (κ2) is 10.8. The van der Waals surface area contributed by atoms with Crippen molar-refractivity contribution in [3.63, 3.8) is 0 Å². The number of anilines is 1. The summed E-state index contributed by atoms with van der Waals surface area (Å²) in [7, 11) is -4.41. The molecule has 1 aliphatic heterocycles. The quantitative estimate of drug-likeness (QED) is 0.0807. The molecule has 1 aromatic heterocycles. The van der Waals surface area contributed by atoms with Crippen molar-refractivity contribution in [3.8, 4) is 0 Å². The predicted molar refractivity (Wildman–Crippen MR) is 171 cm³/mol. The average Bonchev–Trinajstić information content (AvgIpc) is 3.39. The van der Waals surface area contributed by atoms with Crippen LogP contribution in [0.3, 0.4) is 0 Å². The highest BCUT2D eigenvalue weighted by atomic mass is 35.5. The summed E-state index contributed by atoms with van der Waals surface area (Å²) < 4.78 is 30.1. The molecule has 3 aromatic carbocycles. The van der Waals surface area contributed by atoms with Crippen molar-refractivity contribution in [3.05, 3.63) is 92.4 Å². The van der Waals surface area contributed by atoms with Gasteiger partial charge in [-0.15, -0.1) is 0 Å². The zero-order chi connectivity index (χ0) is 32.3. The molecular formula is C26H8Cl8N2O7S. The van der Waals surface area contributed by atoms with E-state index in [0.717, 1.165) is 12.1 Å². The Balaban J connectivity index is 1.59. The van der Waals surface area contributed by atoms with Crippen LogP contribution in [0.1, 0.15) is 53.0 Å². The summed E-state index contributed by atoms with van der Waals surface area (Å²) in [6.45, 7) is 0. The van der Waals surface area contributed by atoms with Crippen LogP contribution in [0.15, 0.2) is 29.2 Å². The maximum atomic E-state index is 13.7. The van der Waals surface area contributed by atoms with Crippen molar-refractivity contribution >= 4 is 144 Å². The van der Waals surface area contributed by atoms with Gasteiger partial charge in [0.15, 0.2) is 11.6 Å². The van der Waals surface area contributed by atoms with E-state index in [0.29, 0.717) is 4.90 Å². The molecule has 2 aliphatic rings. The Bertz CT molecular complexity index is 2010. The largest absolute Gasteiger partial charge is 0.304 e. The number of imide groups is 1. The van der Waals surface area contributed by atoms with Gasteiger partial charge in [-0.1, -0.05) is 98.9 Å². The van der Waals surface area contributed by atoms with E-state index in [9.17, 15) is 32.8 Å². The van der Waals surface area contributed by atoms with Crippen LogP contribution in [0, 0.1) is 0 Å². The number of amides is 2. The fraction of sp³-hybridized carbons (Fsp3) is 0.0385. The summed E-state index contributed by atoms with van der Waals surface area (Å²) >= 11 is 49.5. The van der Waals surface area contributed by atoms with Crippen molar-refractivity contribution < 1.29 is 32.8 Å². The Morgan fingerprint density at radius 3 is 1.48 bits per heavy atom. The average molecular weight is 776 g/mol. The first-order chi connectivity index (χ1) is 20.5. The molecular weight excluding hydrogens is 768 g/mol. The van der Waals surface area contributed by atoms with Gasteiger partial charge in [0.1, 0.15) is 16.8 Å². The number of hydrogen-bond acceptors (Lipinski definition) is 8. The maximum absolute atomic E-state index is 13.7. The summed E-state index contributed by atoms with van der Waals surface area (Å²) in [5, 5.41) is -2.30. The molecule has 44 heavy (non-hydrogen) atoms. The molecule has 2 heterocycles. The molecule has 0 radical (unpaired) electrons. The molecule has 0 fully saturated rings. The van der Waals surface area contributed by atoms with Crippen molar-refractivity contribution in [2.75, 3.05) is 4.90 Å². The molecule has 3 N–H and O–H groups in total. The first kappa shape index (κ1) is 32.1. The Kier molecular flexibility index (Phi) is 7.89. The highest BCUT2D eigenvalue weighted by molar-refractivity contribution is 8.19. The van der Waals surface area contributed by atoms with Gasteiger partial charge < -0.3 is 13.7 Å². The number of ketones is 2. The van der Waals surface area contributed by atoms with Crippen LogP contribution >= 0.6 is 104 Å². The normalized spacial score (nSPS) is 15.6. The molecule has 0 saturated heterocycles. The standard InChI is InChI=1S/C26H8Cl8N2O7S/c27-14-10-11(15(28)19(32)18(14)31)24(38)9(23(10)37)7-2-1-5-3-6(44(41,42)43)4-8(22(5)35-7)36-25(39)12-13(26(36)40)17(30)21(34)20(33)16(12)29/h1-4,9,41-43H. The molecule has 1 aliphatic carbocycles. The molecule has 226 valence electrons. The third kappa shape index (κ3) is 4.47. The van der Waals surface area contributed by atoms with Crippen LogP contribution in [0.4, 0.5) is 5.69 Å². The molecule has 9 nitrogen and oxygen atoms in total. The van der Waals surface area contributed by atoms with E-state index >= 15 is 0 Å².